The highest BCUT2D eigenvalue weighted by molar-refractivity contribution is 6.22. The SMILES string of the molecule is CCCCCCCCCCCCCCCCC1=C[C@H](C(=O)OC)[C@@H]2C(=O)C(C(=O)OC)=C(CCCCCCCCCCCCCCCC)[C@@H]2[C@H]1C(=O)OC. The van der Waals surface area contributed by atoms with E-state index in [9.17, 15) is 19.2 Å². The molecule has 0 saturated carbocycles. The molecule has 0 bridgehead atoms. The number of hydrogen-bond donors (Lipinski definition) is 0. The van der Waals surface area contributed by atoms with Gasteiger partial charge in [0.15, 0.2) is 5.78 Å². The maximum absolute atomic E-state index is 14.0. The second kappa shape index (κ2) is 29.8. The minimum Gasteiger partial charge on any atom is -0.469 e. The number of carbonyl (C=O) groups is 4. The van der Waals surface area contributed by atoms with Gasteiger partial charge in [0.25, 0.3) is 0 Å². The van der Waals surface area contributed by atoms with E-state index in [1.807, 2.05) is 0 Å². The molecule has 310 valence electrons. The summed E-state index contributed by atoms with van der Waals surface area (Å²) in [6, 6.07) is 0. The van der Waals surface area contributed by atoms with Crippen molar-refractivity contribution in [1.82, 2.24) is 0 Å². The van der Waals surface area contributed by atoms with Gasteiger partial charge in [0.2, 0.25) is 0 Å². The number of fused-ring (bicyclic) bond motifs is 1. The first-order valence-corrected chi connectivity index (χ1v) is 22.6. The molecule has 0 radical (unpaired) electrons. The Balaban J connectivity index is 1.97. The molecule has 4 atom stereocenters. The van der Waals surface area contributed by atoms with Gasteiger partial charge in [0.05, 0.1) is 33.2 Å². The van der Waals surface area contributed by atoms with Gasteiger partial charge in [-0.05, 0) is 31.3 Å². The van der Waals surface area contributed by atoms with Crippen molar-refractivity contribution < 1.29 is 33.4 Å². The van der Waals surface area contributed by atoms with Crippen molar-refractivity contribution in [1.29, 1.82) is 0 Å². The van der Waals surface area contributed by atoms with E-state index in [1.54, 1.807) is 6.08 Å². The molecule has 0 unspecified atom stereocenters. The molecule has 0 aromatic heterocycles. The van der Waals surface area contributed by atoms with Crippen LogP contribution in [0.15, 0.2) is 22.8 Å². The summed E-state index contributed by atoms with van der Waals surface area (Å²) >= 11 is 0. The summed E-state index contributed by atoms with van der Waals surface area (Å²) in [5.41, 5.74) is 1.51. The largest absolute Gasteiger partial charge is 0.469 e. The highest BCUT2D eigenvalue weighted by Crippen LogP contribution is 2.52. The van der Waals surface area contributed by atoms with Crippen molar-refractivity contribution in [3.05, 3.63) is 22.8 Å². The second-order valence-electron chi connectivity index (χ2n) is 16.3. The predicted octanol–water partition coefficient (Wildman–Crippen LogP) is 12.5. The van der Waals surface area contributed by atoms with Crippen LogP contribution in [0.1, 0.15) is 206 Å². The Morgan fingerprint density at radius 2 is 0.852 bits per heavy atom. The maximum Gasteiger partial charge on any atom is 0.341 e. The molecule has 7 nitrogen and oxygen atoms in total. The fraction of sp³-hybridized carbons (Fsp3) is 0.830. The van der Waals surface area contributed by atoms with Gasteiger partial charge in [-0.1, -0.05) is 192 Å². The number of esters is 3. The number of carbonyl (C=O) groups excluding carboxylic acids is 4. The number of ether oxygens (including phenoxy) is 3. The van der Waals surface area contributed by atoms with Crippen LogP contribution < -0.4 is 0 Å². The number of unbranched alkanes of at least 4 members (excludes halogenated alkanes) is 26. The normalized spacial score (nSPS) is 19.5. The first-order chi connectivity index (χ1) is 26.4. The summed E-state index contributed by atoms with van der Waals surface area (Å²) in [5.74, 6) is -5.09. The van der Waals surface area contributed by atoms with Crippen molar-refractivity contribution in [2.75, 3.05) is 21.3 Å². The lowest BCUT2D eigenvalue weighted by Gasteiger charge is -2.37. The molecular formula is C47H80O7. The smallest absolute Gasteiger partial charge is 0.341 e. The van der Waals surface area contributed by atoms with Gasteiger partial charge in [-0.2, -0.15) is 0 Å². The fourth-order valence-corrected chi connectivity index (χ4v) is 9.01. The second-order valence-corrected chi connectivity index (χ2v) is 16.3. The number of methoxy groups -OCH3 is 3. The van der Waals surface area contributed by atoms with Crippen LogP contribution in [0.25, 0.3) is 0 Å². The van der Waals surface area contributed by atoms with E-state index < -0.39 is 47.4 Å². The van der Waals surface area contributed by atoms with Crippen LogP contribution in [0.4, 0.5) is 0 Å². The molecule has 0 saturated heterocycles. The first kappa shape index (κ1) is 47.7. The van der Waals surface area contributed by atoms with Gasteiger partial charge in [0.1, 0.15) is 5.57 Å². The summed E-state index contributed by atoms with van der Waals surface area (Å²) in [4.78, 5) is 54.0. The van der Waals surface area contributed by atoms with E-state index in [4.69, 9.17) is 14.2 Å². The molecule has 54 heavy (non-hydrogen) atoms. The van der Waals surface area contributed by atoms with Crippen LogP contribution in [0.3, 0.4) is 0 Å². The Morgan fingerprint density at radius 3 is 1.22 bits per heavy atom. The fourth-order valence-electron chi connectivity index (χ4n) is 9.01. The van der Waals surface area contributed by atoms with Crippen molar-refractivity contribution in [3.8, 4) is 0 Å². The van der Waals surface area contributed by atoms with Gasteiger partial charge < -0.3 is 14.2 Å². The minimum absolute atomic E-state index is 0.0242. The maximum atomic E-state index is 14.0. The third-order valence-corrected chi connectivity index (χ3v) is 12.1. The van der Waals surface area contributed by atoms with Crippen molar-refractivity contribution in [2.24, 2.45) is 23.7 Å². The Bertz CT molecular complexity index is 1140. The molecule has 0 N–H and O–H groups in total. The molecule has 2 rings (SSSR count). The van der Waals surface area contributed by atoms with E-state index in [-0.39, 0.29) is 5.57 Å². The van der Waals surface area contributed by atoms with E-state index in [2.05, 4.69) is 13.8 Å². The average molecular weight is 757 g/mol. The van der Waals surface area contributed by atoms with Gasteiger partial charge in [-0.15, -0.1) is 0 Å². The summed E-state index contributed by atoms with van der Waals surface area (Å²) in [7, 11) is 3.99. The zero-order valence-corrected chi connectivity index (χ0v) is 35.5. The molecule has 7 heteroatoms. The van der Waals surface area contributed by atoms with Gasteiger partial charge >= 0.3 is 17.9 Å². The molecule has 0 aromatic rings. The van der Waals surface area contributed by atoms with Gasteiger partial charge in [-0.25, -0.2) is 4.79 Å². The number of hydrogen-bond acceptors (Lipinski definition) is 7. The lowest BCUT2D eigenvalue weighted by Crippen LogP contribution is -2.43. The van der Waals surface area contributed by atoms with Crippen LogP contribution >= 0.6 is 0 Å². The van der Waals surface area contributed by atoms with Crippen LogP contribution in [-0.2, 0) is 33.4 Å². The molecule has 0 fully saturated rings. The lowest BCUT2D eigenvalue weighted by molar-refractivity contribution is -0.153. The Labute approximate surface area is 330 Å². The van der Waals surface area contributed by atoms with Crippen LogP contribution in [0, 0.1) is 23.7 Å². The van der Waals surface area contributed by atoms with Crippen molar-refractivity contribution in [3.63, 3.8) is 0 Å². The van der Waals surface area contributed by atoms with E-state index in [0.717, 1.165) is 44.1 Å². The topological polar surface area (TPSA) is 96.0 Å². The van der Waals surface area contributed by atoms with Crippen molar-refractivity contribution in [2.45, 2.75) is 206 Å². The Kier molecular flexibility index (Phi) is 26.3. The number of ketones is 1. The molecule has 0 heterocycles. The molecule has 0 spiro atoms. The lowest BCUT2D eigenvalue weighted by atomic mass is 9.65. The van der Waals surface area contributed by atoms with E-state index in [0.29, 0.717) is 18.4 Å². The third kappa shape index (κ3) is 16.7. The number of allylic oxidation sites excluding steroid dienone is 1. The zero-order chi connectivity index (χ0) is 39.4. The molecule has 2 aliphatic carbocycles. The molecule has 0 aliphatic heterocycles. The summed E-state index contributed by atoms with van der Waals surface area (Å²) in [5, 5.41) is 0. The highest BCUT2D eigenvalue weighted by atomic mass is 16.5. The molecule has 2 aliphatic rings. The zero-order valence-electron chi connectivity index (χ0n) is 35.5. The highest BCUT2D eigenvalue weighted by Gasteiger charge is 2.57. The van der Waals surface area contributed by atoms with E-state index in [1.165, 1.54) is 163 Å². The number of Topliss-reactive ketones (excluding diaryl/α,β-unsaturated/α-hetero) is 1. The average Bonchev–Trinajstić information content (AvgIpc) is 3.47. The molecule has 0 amide bonds. The summed E-state index contributed by atoms with van der Waals surface area (Å²) < 4.78 is 15.7. The summed E-state index contributed by atoms with van der Waals surface area (Å²) in [6.45, 7) is 4.52. The summed E-state index contributed by atoms with van der Waals surface area (Å²) in [6.07, 6.45) is 37.9. The van der Waals surface area contributed by atoms with Crippen LogP contribution in [0.5, 0.6) is 0 Å². The van der Waals surface area contributed by atoms with Gasteiger partial charge in [0, 0.05) is 11.8 Å². The van der Waals surface area contributed by atoms with Crippen LogP contribution in [0.2, 0.25) is 0 Å². The van der Waals surface area contributed by atoms with E-state index >= 15 is 0 Å². The third-order valence-electron chi connectivity index (χ3n) is 12.1. The van der Waals surface area contributed by atoms with Crippen LogP contribution in [-0.4, -0.2) is 45.0 Å². The quantitative estimate of drug-likeness (QED) is 0.0216. The Hall–Kier alpha value is -2.44. The minimum atomic E-state index is -0.877. The van der Waals surface area contributed by atoms with Gasteiger partial charge in [-0.3, -0.25) is 14.4 Å². The number of rotatable bonds is 33. The molecular weight excluding hydrogens is 677 g/mol. The predicted molar refractivity (Wildman–Crippen MR) is 220 cm³/mol. The first-order valence-electron chi connectivity index (χ1n) is 22.6. The Morgan fingerprint density at radius 1 is 0.481 bits per heavy atom. The van der Waals surface area contributed by atoms with Crippen molar-refractivity contribution >= 4 is 23.7 Å². The molecule has 0 aromatic carbocycles. The standard InChI is InChI=1S/C47H80O7/c1-6-8-10-12-14-16-18-20-22-24-26-28-30-32-34-37-36-39(45(49)52-3)42-41(40(37)46(50)53-4)38(43(44(42)48)47(51)54-5)35-33-31-29-27-25-23-21-19-17-15-13-11-9-7-2/h36,39-42H,6-35H2,1-5H3/t39-,40-,41+,42-/m0/s1. The monoisotopic (exact) mass is 757 g/mol.